The number of hydrogen-bond donors (Lipinski definition) is 2. The third-order valence-corrected chi connectivity index (χ3v) is 4.25. The number of quaternary nitrogens is 1. The fraction of sp³-hybridized carbons (Fsp3) is 0.462. The number of rotatable bonds is 5. The summed E-state index contributed by atoms with van der Waals surface area (Å²) in [4.78, 5) is 13.2. The second kappa shape index (κ2) is 6.79. The van der Waals surface area contributed by atoms with Gasteiger partial charge in [-0.15, -0.1) is 11.8 Å². The molecule has 1 aromatic carbocycles. The van der Waals surface area contributed by atoms with Crippen LogP contribution in [0.1, 0.15) is 10.4 Å². The normalized spacial score (nSPS) is 16.4. The molecule has 1 aromatic rings. The number of thioether (sulfide) groups is 1. The van der Waals surface area contributed by atoms with Crippen molar-refractivity contribution in [2.75, 3.05) is 44.3 Å². The summed E-state index contributed by atoms with van der Waals surface area (Å²) < 4.78 is 5.31. The Labute approximate surface area is 116 Å². The molecule has 0 saturated carbocycles. The molecular formula is C13H18N2O3S. The van der Waals surface area contributed by atoms with Crippen molar-refractivity contribution >= 4 is 23.4 Å². The molecule has 0 unspecified atom stereocenters. The maximum Gasteiger partial charge on any atom is 0.101 e. The number of carbonyl (C=O) groups excluding carboxylic acids is 1. The van der Waals surface area contributed by atoms with E-state index in [1.54, 1.807) is 22.7 Å². The summed E-state index contributed by atoms with van der Waals surface area (Å²) in [5.41, 5.74) is 6.47. The van der Waals surface area contributed by atoms with Crippen LogP contribution in [-0.4, -0.2) is 44.6 Å². The highest BCUT2D eigenvalue weighted by molar-refractivity contribution is 7.99. The maximum atomic E-state index is 10.7. The zero-order chi connectivity index (χ0) is 13.7. The summed E-state index contributed by atoms with van der Waals surface area (Å²) in [6.07, 6.45) is 0. The highest BCUT2D eigenvalue weighted by Gasteiger charge is 2.13. The first-order valence-electron chi connectivity index (χ1n) is 6.32. The fourth-order valence-electron chi connectivity index (χ4n) is 2.02. The molecule has 104 valence electrons. The lowest BCUT2D eigenvalue weighted by atomic mass is 10.2. The van der Waals surface area contributed by atoms with Gasteiger partial charge in [0.25, 0.3) is 0 Å². The van der Waals surface area contributed by atoms with Crippen molar-refractivity contribution in [3.63, 3.8) is 0 Å². The number of aromatic carboxylic acids is 1. The summed E-state index contributed by atoms with van der Waals surface area (Å²) in [7, 11) is 0. The molecule has 0 spiro atoms. The summed E-state index contributed by atoms with van der Waals surface area (Å²) in [6.45, 7) is 4.85. The number of morpholine rings is 1. The number of nitrogen functional groups attached to an aromatic ring is 1. The molecule has 1 aliphatic heterocycles. The number of ether oxygens (including phenoxy) is 1. The molecule has 6 heteroatoms. The molecule has 0 bridgehead atoms. The van der Waals surface area contributed by atoms with Crippen molar-refractivity contribution in [3.8, 4) is 0 Å². The first kappa shape index (κ1) is 14.2. The Kier molecular flexibility index (Phi) is 5.07. The van der Waals surface area contributed by atoms with E-state index in [1.165, 1.54) is 12.1 Å². The third-order valence-electron chi connectivity index (χ3n) is 3.16. The van der Waals surface area contributed by atoms with E-state index in [-0.39, 0.29) is 5.56 Å². The Morgan fingerprint density at radius 1 is 1.42 bits per heavy atom. The topological polar surface area (TPSA) is 79.8 Å². The van der Waals surface area contributed by atoms with E-state index in [4.69, 9.17) is 10.5 Å². The van der Waals surface area contributed by atoms with Gasteiger partial charge in [0.05, 0.1) is 25.7 Å². The number of nitrogens with one attached hydrogen (secondary N) is 1. The van der Waals surface area contributed by atoms with Crippen LogP contribution in [-0.2, 0) is 4.74 Å². The van der Waals surface area contributed by atoms with E-state index in [1.807, 2.05) is 0 Å². The van der Waals surface area contributed by atoms with E-state index in [0.717, 1.165) is 43.5 Å². The van der Waals surface area contributed by atoms with Crippen molar-refractivity contribution in [2.24, 2.45) is 0 Å². The van der Waals surface area contributed by atoms with Crippen molar-refractivity contribution in [3.05, 3.63) is 23.8 Å². The Hall–Kier alpha value is -1.24. The van der Waals surface area contributed by atoms with Gasteiger partial charge in [-0.25, -0.2) is 0 Å². The average Bonchev–Trinajstić information content (AvgIpc) is 2.41. The van der Waals surface area contributed by atoms with Crippen molar-refractivity contribution < 1.29 is 19.5 Å². The van der Waals surface area contributed by atoms with E-state index in [0.29, 0.717) is 5.69 Å². The van der Waals surface area contributed by atoms with Crippen molar-refractivity contribution in [1.29, 1.82) is 0 Å². The Morgan fingerprint density at radius 3 is 2.79 bits per heavy atom. The van der Waals surface area contributed by atoms with Gasteiger partial charge in [0.15, 0.2) is 0 Å². The summed E-state index contributed by atoms with van der Waals surface area (Å²) in [6, 6.07) is 4.74. The second-order valence-corrected chi connectivity index (χ2v) is 5.64. The lowest BCUT2D eigenvalue weighted by Crippen LogP contribution is -3.14. The SMILES string of the molecule is Nc1cc(C(=O)[O-])ccc1SCC[NH+]1CCOCC1. The predicted octanol–water partition coefficient (Wildman–Crippen LogP) is -1.36. The van der Waals surface area contributed by atoms with Crippen molar-refractivity contribution in [1.82, 2.24) is 0 Å². The summed E-state index contributed by atoms with van der Waals surface area (Å²) in [5.74, 6) is -0.231. The van der Waals surface area contributed by atoms with Gasteiger partial charge in [-0.05, 0) is 17.7 Å². The number of hydrogen-bond acceptors (Lipinski definition) is 5. The number of benzene rings is 1. The van der Waals surface area contributed by atoms with Crippen LogP contribution in [0.3, 0.4) is 0 Å². The van der Waals surface area contributed by atoms with Crippen molar-refractivity contribution in [2.45, 2.75) is 4.90 Å². The van der Waals surface area contributed by atoms with Crippen LogP contribution in [0.4, 0.5) is 5.69 Å². The lowest BCUT2D eigenvalue weighted by Gasteiger charge is -2.23. The molecule has 1 saturated heterocycles. The molecular weight excluding hydrogens is 264 g/mol. The lowest BCUT2D eigenvalue weighted by molar-refractivity contribution is -0.905. The van der Waals surface area contributed by atoms with Crippen LogP contribution in [0, 0.1) is 0 Å². The van der Waals surface area contributed by atoms with Gasteiger partial charge in [0, 0.05) is 16.3 Å². The molecule has 0 atom stereocenters. The Morgan fingerprint density at radius 2 is 2.16 bits per heavy atom. The molecule has 2 rings (SSSR count). The predicted molar refractivity (Wildman–Crippen MR) is 72.3 cm³/mol. The number of carboxylic acid groups (broad SMARTS) is 1. The van der Waals surface area contributed by atoms with Gasteiger partial charge in [-0.2, -0.15) is 0 Å². The number of anilines is 1. The molecule has 0 radical (unpaired) electrons. The molecule has 0 aromatic heterocycles. The Bertz CT molecular complexity index is 448. The standard InChI is InChI=1S/C13H18N2O3S/c14-11-9-10(13(16)17)1-2-12(11)19-8-5-15-3-6-18-7-4-15/h1-2,9H,3-8,14H2,(H,16,17). The first-order valence-corrected chi connectivity index (χ1v) is 7.30. The maximum absolute atomic E-state index is 10.7. The molecule has 0 amide bonds. The van der Waals surface area contributed by atoms with E-state index in [2.05, 4.69) is 0 Å². The first-order chi connectivity index (χ1) is 9.16. The third kappa shape index (κ3) is 4.12. The molecule has 0 aliphatic carbocycles. The quantitative estimate of drug-likeness (QED) is 0.515. The minimum Gasteiger partial charge on any atom is -0.545 e. The van der Waals surface area contributed by atoms with Gasteiger partial charge in [0.2, 0.25) is 0 Å². The summed E-state index contributed by atoms with van der Waals surface area (Å²) >= 11 is 1.66. The van der Waals surface area contributed by atoms with Crippen LogP contribution < -0.4 is 15.7 Å². The van der Waals surface area contributed by atoms with Crippen LogP contribution in [0.2, 0.25) is 0 Å². The number of nitrogens with two attached hydrogens (primary N) is 1. The van der Waals surface area contributed by atoms with Gasteiger partial charge >= 0.3 is 0 Å². The zero-order valence-corrected chi connectivity index (χ0v) is 11.5. The number of carboxylic acids is 1. The fourth-order valence-corrected chi connectivity index (χ4v) is 3.02. The zero-order valence-electron chi connectivity index (χ0n) is 10.7. The van der Waals surface area contributed by atoms with E-state index >= 15 is 0 Å². The largest absolute Gasteiger partial charge is 0.545 e. The molecule has 1 aliphatic rings. The van der Waals surface area contributed by atoms with E-state index in [9.17, 15) is 9.90 Å². The number of carbonyl (C=O) groups is 1. The van der Waals surface area contributed by atoms with Gasteiger partial charge < -0.3 is 25.3 Å². The van der Waals surface area contributed by atoms with Crippen LogP contribution in [0.15, 0.2) is 23.1 Å². The highest BCUT2D eigenvalue weighted by atomic mass is 32.2. The summed E-state index contributed by atoms with van der Waals surface area (Å²) in [5, 5.41) is 10.7. The molecule has 1 fully saturated rings. The van der Waals surface area contributed by atoms with Gasteiger partial charge in [-0.1, -0.05) is 6.07 Å². The average molecular weight is 282 g/mol. The molecule has 1 heterocycles. The molecule has 3 N–H and O–H groups in total. The molecule has 5 nitrogen and oxygen atoms in total. The smallest absolute Gasteiger partial charge is 0.101 e. The minimum atomic E-state index is -1.19. The Balaban J connectivity index is 1.83. The highest BCUT2D eigenvalue weighted by Crippen LogP contribution is 2.25. The van der Waals surface area contributed by atoms with Gasteiger partial charge in [-0.3, -0.25) is 0 Å². The van der Waals surface area contributed by atoms with Crippen LogP contribution in [0.25, 0.3) is 0 Å². The second-order valence-electron chi connectivity index (χ2n) is 4.50. The minimum absolute atomic E-state index is 0.126. The van der Waals surface area contributed by atoms with E-state index < -0.39 is 5.97 Å². The molecule has 19 heavy (non-hydrogen) atoms. The van der Waals surface area contributed by atoms with Crippen LogP contribution in [0.5, 0.6) is 0 Å². The van der Waals surface area contributed by atoms with Gasteiger partial charge in [0.1, 0.15) is 13.1 Å². The van der Waals surface area contributed by atoms with Crippen LogP contribution >= 0.6 is 11.8 Å². The monoisotopic (exact) mass is 282 g/mol.